The number of carbonyl (C=O) groups is 1. The topological polar surface area (TPSA) is 49.8 Å². The van der Waals surface area contributed by atoms with Crippen molar-refractivity contribution in [2.24, 2.45) is 0 Å². The van der Waals surface area contributed by atoms with Crippen LogP contribution in [0, 0.1) is 0 Å². The summed E-state index contributed by atoms with van der Waals surface area (Å²) in [5.41, 5.74) is 3.47. The summed E-state index contributed by atoms with van der Waals surface area (Å²) in [5, 5.41) is 11.3. The molecule has 0 heterocycles. The van der Waals surface area contributed by atoms with Gasteiger partial charge in [0.05, 0.1) is 12.6 Å². The average molecular weight is 452 g/mol. The molecule has 0 aliphatic rings. The highest BCUT2D eigenvalue weighted by Crippen LogP contribution is 2.22. The number of aliphatic hydroxyl groups excluding tert-OH is 1. The van der Waals surface area contributed by atoms with Crippen LogP contribution in [-0.4, -0.2) is 34.8 Å². The second-order valence-electron chi connectivity index (χ2n) is 8.81. The monoisotopic (exact) mass is 451 g/mol. The standard InChI is InChI=1S/C27H30ClNO3/c1-27(2,3)32-26(31)29(19-25(30)23-10-7-11-24(28)18-23)17-16-20-12-14-22(15-13-20)21-8-5-4-6-9-21/h4-15,18,25,30H,16-17,19H2,1-3H3/t25-/m0/s1. The first-order valence-electron chi connectivity index (χ1n) is 10.8. The molecule has 0 fully saturated rings. The van der Waals surface area contributed by atoms with Crippen molar-refractivity contribution in [3.8, 4) is 11.1 Å². The number of hydrogen-bond acceptors (Lipinski definition) is 3. The Morgan fingerprint density at radius 2 is 1.62 bits per heavy atom. The number of hydrogen-bond donors (Lipinski definition) is 1. The molecule has 1 N–H and O–H groups in total. The molecule has 0 aromatic heterocycles. The largest absolute Gasteiger partial charge is 0.444 e. The van der Waals surface area contributed by atoms with E-state index >= 15 is 0 Å². The van der Waals surface area contributed by atoms with Crippen LogP contribution in [0.25, 0.3) is 11.1 Å². The molecule has 32 heavy (non-hydrogen) atoms. The Labute approximate surface area is 195 Å². The maximum absolute atomic E-state index is 12.8. The van der Waals surface area contributed by atoms with Gasteiger partial charge in [-0.05, 0) is 61.6 Å². The lowest BCUT2D eigenvalue weighted by Gasteiger charge is -2.29. The minimum absolute atomic E-state index is 0.122. The highest BCUT2D eigenvalue weighted by molar-refractivity contribution is 6.30. The van der Waals surface area contributed by atoms with Crippen molar-refractivity contribution in [2.75, 3.05) is 13.1 Å². The molecule has 0 saturated carbocycles. The molecule has 1 amide bonds. The zero-order valence-electron chi connectivity index (χ0n) is 18.8. The molecule has 0 aliphatic heterocycles. The number of nitrogens with zero attached hydrogens (tertiary/aromatic N) is 1. The molecule has 1 atom stereocenters. The van der Waals surface area contributed by atoms with Gasteiger partial charge in [-0.3, -0.25) is 0 Å². The molecular formula is C27H30ClNO3. The summed E-state index contributed by atoms with van der Waals surface area (Å²) in [6.07, 6.45) is -0.655. The summed E-state index contributed by atoms with van der Waals surface area (Å²) >= 11 is 6.06. The van der Waals surface area contributed by atoms with Gasteiger partial charge in [0.25, 0.3) is 0 Å². The van der Waals surface area contributed by atoms with Gasteiger partial charge in [-0.15, -0.1) is 0 Å². The Balaban J connectivity index is 1.70. The molecule has 3 rings (SSSR count). The number of carbonyl (C=O) groups excluding carboxylic acids is 1. The van der Waals surface area contributed by atoms with Crippen LogP contribution in [0.3, 0.4) is 0 Å². The number of rotatable bonds is 7. The van der Waals surface area contributed by atoms with Crippen LogP contribution < -0.4 is 0 Å². The number of halogens is 1. The second kappa shape index (κ2) is 10.7. The number of ether oxygens (including phenoxy) is 1. The second-order valence-corrected chi connectivity index (χ2v) is 9.25. The van der Waals surface area contributed by atoms with Gasteiger partial charge >= 0.3 is 6.09 Å². The normalized spacial score (nSPS) is 12.3. The van der Waals surface area contributed by atoms with Gasteiger partial charge in [0.15, 0.2) is 0 Å². The van der Waals surface area contributed by atoms with Crippen LogP contribution in [0.1, 0.15) is 38.0 Å². The van der Waals surface area contributed by atoms with E-state index in [9.17, 15) is 9.90 Å². The predicted molar refractivity (Wildman–Crippen MR) is 130 cm³/mol. The molecule has 0 aliphatic carbocycles. The minimum Gasteiger partial charge on any atom is -0.444 e. The summed E-state index contributed by atoms with van der Waals surface area (Å²) in [4.78, 5) is 14.4. The zero-order valence-corrected chi connectivity index (χ0v) is 19.5. The number of aliphatic hydroxyl groups is 1. The molecule has 4 nitrogen and oxygen atoms in total. The van der Waals surface area contributed by atoms with Gasteiger partial charge < -0.3 is 14.7 Å². The van der Waals surface area contributed by atoms with Gasteiger partial charge in [-0.2, -0.15) is 0 Å². The quantitative estimate of drug-likeness (QED) is 0.444. The minimum atomic E-state index is -0.860. The molecule has 0 spiro atoms. The lowest BCUT2D eigenvalue weighted by atomic mass is 10.0. The fraction of sp³-hybridized carbons (Fsp3) is 0.296. The van der Waals surface area contributed by atoms with Gasteiger partial charge in [-0.25, -0.2) is 4.79 Å². The van der Waals surface area contributed by atoms with Crippen LogP contribution in [0.5, 0.6) is 0 Å². The smallest absolute Gasteiger partial charge is 0.410 e. The van der Waals surface area contributed by atoms with E-state index in [4.69, 9.17) is 16.3 Å². The Hall–Kier alpha value is -2.82. The third-order valence-electron chi connectivity index (χ3n) is 5.01. The maximum atomic E-state index is 12.8. The summed E-state index contributed by atoms with van der Waals surface area (Å²) in [6.45, 7) is 6.05. The average Bonchev–Trinajstić information content (AvgIpc) is 2.76. The van der Waals surface area contributed by atoms with E-state index in [1.807, 2.05) is 39.0 Å². The molecular weight excluding hydrogens is 422 g/mol. The zero-order chi connectivity index (χ0) is 23.1. The molecule has 0 bridgehead atoms. The van der Waals surface area contributed by atoms with Gasteiger partial charge in [0.2, 0.25) is 0 Å². The van der Waals surface area contributed by atoms with Gasteiger partial charge in [0, 0.05) is 11.6 Å². The fourth-order valence-corrected chi connectivity index (χ4v) is 3.57. The number of benzene rings is 3. The van der Waals surface area contributed by atoms with E-state index in [0.717, 1.165) is 11.1 Å². The van der Waals surface area contributed by atoms with E-state index < -0.39 is 17.8 Å². The fourth-order valence-electron chi connectivity index (χ4n) is 3.37. The molecule has 0 saturated heterocycles. The summed E-state index contributed by atoms with van der Waals surface area (Å²) in [7, 11) is 0. The van der Waals surface area contributed by atoms with E-state index in [-0.39, 0.29) is 6.54 Å². The van der Waals surface area contributed by atoms with Crippen LogP contribution >= 0.6 is 11.6 Å². The van der Waals surface area contributed by atoms with Crippen LogP contribution in [-0.2, 0) is 11.2 Å². The Morgan fingerprint density at radius 3 is 2.25 bits per heavy atom. The first-order valence-corrected chi connectivity index (χ1v) is 11.1. The molecule has 5 heteroatoms. The third-order valence-corrected chi connectivity index (χ3v) is 5.25. The van der Waals surface area contributed by atoms with Crippen molar-refractivity contribution < 1.29 is 14.6 Å². The first-order chi connectivity index (χ1) is 15.2. The molecule has 3 aromatic carbocycles. The van der Waals surface area contributed by atoms with Crippen molar-refractivity contribution >= 4 is 17.7 Å². The third kappa shape index (κ3) is 7.11. The van der Waals surface area contributed by atoms with Crippen molar-refractivity contribution in [2.45, 2.75) is 38.9 Å². The molecule has 168 valence electrons. The van der Waals surface area contributed by atoms with E-state index in [2.05, 4.69) is 36.4 Å². The lowest BCUT2D eigenvalue weighted by molar-refractivity contribution is 0.0147. The van der Waals surface area contributed by atoms with Gasteiger partial charge in [-0.1, -0.05) is 78.3 Å². The van der Waals surface area contributed by atoms with E-state index in [1.54, 1.807) is 29.2 Å². The van der Waals surface area contributed by atoms with Crippen LogP contribution in [0.15, 0.2) is 78.9 Å². The van der Waals surface area contributed by atoms with Crippen LogP contribution in [0.2, 0.25) is 5.02 Å². The SMILES string of the molecule is CC(C)(C)OC(=O)N(CCc1ccc(-c2ccccc2)cc1)C[C@H](O)c1cccc(Cl)c1. The highest BCUT2D eigenvalue weighted by atomic mass is 35.5. The van der Waals surface area contributed by atoms with Crippen molar-refractivity contribution in [3.05, 3.63) is 95.0 Å². The molecule has 0 unspecified atom stereocenters. The van der Waals surface area contributed by atoms with E-state index in [1.165, 1.54) is 5.56 Å². The van der Waals surface area contributed by atoms with Gasteiger partial charge in [0.1, 0.15) is 5.60 Å². The summed E-state index contributed by atoms with van der Waals surface area (Å²) in [5.74, 6) is 0. The Kier molecular flexibility index (Phi) is 7.94. The highest BCUT2D eigenvalue weighted by Gasteiger charge is 2.24. The van der Waals surface area contributed by atoms with Crippen molar-refractivity contribution in [1.82, 2.24) is 4.90 Å². The number of amides is 1. The van der Waals surface area contributed by atoms with E-state index in [0.29, 0.717) is 23.6 Å². The molecule has 3 aromatic rings. The van der Waals surface area contributed by atoms with Crippen molar-refractivity contribution in [1.29, 1.82) is 0 Å². The summed E-state index contributed by atoms with van der Waals surface area (Å²) in [6, 6.07) is 25.6. The summed E-state index contributed by atoms with van der Waals surface area (Å²) < 4.78 is 5.58. The Bertz CT molecular complexity index is 1010. The molecule has 0 radical (unpaired) electrons. The lowest BCUT2D eigenvalue weighted by Crippen LogP contribution is -2.40. The Morgan fingerprint density at radius 1 is 0.969 bits per heavy atom. The first kappa shape index (κ1) is 23.8. The van der Waals surface area contributed by atoms with Crippen LogP contribution in [0.4, 0.5) is 4.79 Å². The van der Waals surface area contributed by atoms with Crippen molar-refractivity contribution in [3.63, 3.8) is 0 Å². The predicted octanol–water partition coefficient (Wildman–Crippen LogP) is 6.52. The maximum Gasteiger partial charge on any atom is 0.410 e.